The molecule has 28 heavy (non-hydrogen) atoms. The maximum absolute atomic E-state index is 3.56. The van der Waals surface area contributed by atoms with Gasteiger partial charge in [0.15, 0.2) is 0 Å². The molecule has 1 aromatic rings. The van der Waals surface area contributed by atoms with E-state index in [1.165, 1.54) is 114 Å². The fourth-order valence-electron chi connectivity index (χ4n) is 3.69. The predicted molar refractivity (Wildman–Crippen MR) is 129 cm³/mol. The van der Waals surface area contributed by atoms with Gasteiger partial charge in [-0.15, -0.1) is 0 Å². The maximum atomic E-state index is 3.56. The fraction of sp³-hybridized carbons (Fsp3) is 0.769. The van der Waals surface area contributed by atoms with Crippen LogP contribution >= 0.6 is 0 Å². The van der Waals surface area contributed by atoms with E-state index in [1.54, 1.807) is 0 Å². The number of rotatable bonds is 20. The second-order valence-corrected chi connectivity index (χ2v) is 8.38. The van der Waals surface area contributed by atoms with Crippen LogP contribution in [0.25, 0.3) is 0 Å². The summed E-state index contributed by atoms with van der Waals surface area (Å²) in [7, 11) is 0. The van der Waals surface area contributed by atoms with E-state index in [4.69, 9.17) is 0 Å². The van der Waals surface area contributed by atoms with Crippen molar-refractivity contribution in [1.29, 1.82) is 0 Å². The van der Waals surface area contributed by atoms with Gasteiger partial charge in [0.25, 0.3) is 0 Å². The molecule has 0 aliphatic heterocycles. The van der Waals surface area contributed by atoms with Gasteiger partial charge in [0.2, 0.25) is 0 Å². The molecule has 0 spiro atoms. The van der Waals surface area contributed by atoms with Crippen LogP contribution in [0.2, 0.25) is 0 Å². The molecule has 0 aliphatic carbocycles. The Balaban J connectivity index is 1.94. The van der Waals surface area contributed by atoms with Crippen molar-refractivity contribution >= 4 is 11.4 Å². The molecular formula is C26H48N2. The van der Waals surface area contributed by atoms with Crippen LogP contribution in [-0.2, 0) is 0 Å². The molecule has 1 rings (SSSR count). The molecular weight excluding hydrogens is 340 g/mol. The lowest BCUT2D eigenvalue weighted by molar-refractivity contribution is 0.581. The largest absolute Gasteiger partial charge is 0.385 e. The highest BCUT2D eigenvalue weighted by molar-refractivity contribution is 5.53. The molecule has 0 amide bonds. The number of benzene rings is 1. The second kappa shape index (κ2) is 19.2. The molecule has 0 saturated heterocycles. The Morgan fingerprint density at radius 3 is 1.04 bits per heavy atom. The molecule has 2 heteroatoms. The standard InChI is InChI=1S/C26H48N2/c1-3-5-7-9-11-13-15-17-23-27-25-19-21-26(22-20-25)28-24-18-16-14-12-10-8-6-4-2/h19-22,27-28H,3-18,23-24H2,1-2H3. The number of hydrogen-bond acceptors (Lipinski definition) is 2. The molecule has 0 unspecified atom stereocenters. The Morgan fingerprint density at radius 2 is 0.714 bits per heavy atom. The lowest BCUT2D eigenvalue weighted by Gasteiger charge is -2.09. The number of hydrogen-bond donors (Lipinski definition) is 2. The van der Waals surface area contributed by atoms with Crippen molar-refractivity contribution in [3.63, 3.8) is 0 Å². The normalized spacial score (nSPS) is 10.9. The third kappa shape index (κ3) is 14.8. The van der Waals surface area contributed by atoms with Gasteiger partial charge in [-0.3, -0.25) is 0 Å². The fourth-order valence-corrected chi connectivity index (χ4v) is 3.69. The first-order valence-electron chi connectivity index (χ1n) is 12.4. The van der Waals surface area contributed by atoms with E-state index in [1.807, 2.05) is 0 Å². The van der Waals surface area contributed by atoms with Crippen LogP contribution in [0.3, 0.4) is 0 Å². The molecule has 0 saturated carbocycles. The van der Waals surface area contributed by atoms with Crippen LogP contribution in [0.15, 0.2) is 24.3 Å². The van der Waals surface area contributed by atoms with Gasteiger partial charge >= 0.3 is 0 Å². The molecule has 2 N–H and O–H groups in total. The minimum Gasteiger partial charge on any atom is -0.385 e. The smallest absolute Gasteiger partial charge is 0.0341 e. The minimum atomic E-state index is 1.10. The summed E-state index contributed by atoms with van der Waals surface area (Å²) < 4.78 is 0. The summed E-state index contributed by atoms with van der Waals surface area (Å²) in [4.78, 5) is 0. The third-order valence-electron chi connectivity index (χ3n) is 5.60. The molecule has 0 atom stereocenters. The molecule has 2 nitrogen and oxygen atoms in total. The Hall–Kier alpha value is -1.18. The van der Waals surface area contributed by atoms with Gasteiger partial charge < -0.3 is 10.6 Å². The van der Waals surface area contributed by atoms with Crippen molar-refractivity contribution in [2.75, 3.05) is 23.7 Å². The zero-order chi connectivity index (χ0) is 20.1. The van der Waals surface area contributed by atoms with Gasteiger partial charge in [0.05, 0.1) is 0 Å². The lowest BCUT2D eigenvalue weighted by atomic mass is 10.1. The van der Waals surface area contributed by atoms with Gasteiger partial charge in [0.1, 0.15) is 0 Å². The highest BCUT2D eigenvalue weighted by Gasteiger charge is 1.96. The Kier molecular flexibility index (Phi) is 17.0. The quantitative estimate of drug-likeness (QED) is 0.218. The number of nitrogens with one attached hydrogen (secondary N) is 2. The van der Waals surface area contributed by atoms with Crippen molar-refractivity contribution in [2.24, 2.45) is 0 Å². The van der Waals surface area contributed by atoms with E-state index in [-0.39, 0.29) is 0 Å². The van der Waals surface area contributed by atoms with Crippen LogP contribution in [-0.4, -0.2) is 13.1 Å². The SMILES string of the molecule is CCCCCCCCCCNc1ccc(NCCCCCCCCCC)cc1. The highest BCUT2D eigenvalue weighted by Crippen LogP contribution is 2.15. The molecule has 0 aliphatic rings. The van der Waals surface area contributed by atoms with Crippen molar-refractivity contribution in [1.82, 2.24) is 0 Å². The van der Waals surface area contributed by atoms with Crippen molar-refractivity contribution in [3.8, 4) is 0 Å². The summed E-state index contributed by atoms with van der Waals surface area (Å²) in [5, 5.41) is 7.12. The number of anilines is 2. The van der Waals surface area contributed by atoms with Gasteiger partial charge in [-0.05, 0) is 37.1 Å². The first-order chi connectivity index (χ1) is 13.9. The molecule has 0 radical (unpaired) electrons. The van der Waals surface area contributed by atoms with Gasteiger partial charge in [0, 0.05) is 24.5 Å². The molecule has 0 fully saturated rings. The Morgan fingerprint density at radius 1 is 0.429 bits per heavy atom. The van der Waals surface area contributed by atoms with Crippen molar-refractivity contribution in [2.45, 2.75) is 117 Å². The van der Waals surface area contributed by atoms with E-state index in [0.29, 0.717) is 0 Å². The van der Waals surface area contributed by atoms with Crippen LogP contribution in [0.1, 0.15) is 117 Å². The minimum absolute atomic E-state index is 1.10. The van der Waals surface area contributed by atoms with Crippen LogP contribution in [0.5, 0.6) is 0 Å². The zero-order valence-corrected chi connectivity index (χ0v) is 19.0. The van der Waals surface area contributed by atoms with Crippen LogP contribution < -0.4 is 10.6 Å². The average Bonchev–Trinajstić information content (AvgIpc) is 2.72. The summed E-state index contributed by atoms with van der Waals surface area (Å²) in [6, 6.07) is 8.84. The monoisotopic (exact) mass is 388 g/mol. The van der Waals surface area contributed by atoms with E-state index in [2.05, 4.69) is 48.7 Å². The van der Waals surface area contributed by atoms with Crippen molar-refractivity contribution < 1.29 is 0 Å². The first kappa shape index (κ1) is 24.9. The molecule has 0 bridgehead atoms. The highest BCUT2D eigenvalue weighted by atomic mass is 14.9. The third-order valence-corrected chi connectivity index (χ3v) is 5.60. The summed E-state index contributed by atoms with van der Waals surface area (Å²) in [6.45, 7) is 6.76. The van der Waals surface area contributed by atoms with Gasteiger partial charge in [-0.1, -0.05) is 104 Å². The summed E-state index contributed by atoms with van der Waals surface area (Å²) >= 11 is 0. The summed E-state index contributed by atoms with van der Waals surface area (Å²) in [5.74, 6) is 0. The van der Waals surface area contributed by atoms with Crippen molar-refractivity contribution in [3.05, 3.63) is 24.3 Å². The summed E-state index contributed by atoms with van der Waals surface area (Å²) in [5.41, 5.74) is 2.50. The second-order valence-electron chi connectivity index (χ2n) is 8.38. The topological polar surface area (TPSA) is 24.1 Å². The first-order valence-corrected chi connectivity index (χ1v) is 12.4. The van der Waals surface area contributed by atoms with Gasteiger partial charge in [-0.25, -0.2) is 0 Å². The Labute approximate surface area is 176 Å². The van der Waals surface area contributed by atoms with E-state index in [0.717, 1.165) is 13.1 Å². The lowest BCUT2D eigenvalue weighted by Crippen LogP contribution is -2.03. The molecule has 1 aromatic carbocycles. The predicted octanol–water partition coefficient (Wildman–Crippen LogP) is 8.79. The molecule has 162 valence electrons. The average molecular weight is 389 g/mol. The van der Waals surface area contributed by atoms with E-state index in [9.17, 15) is 0 Å². The van der Waals surface area contributed by atoms with E-state index >= 15 is 0 Å². The zero-order valence-electron chi connectivity index (χ0n) is 19.0. The maximum Gasteiger partial charge on any atom is 0.0341 e. The van der Waals surface area contributed by atoms with Gasteiger partial charge in [-0.2, -0.15) is 0 Å². The molecule has 0 heterocycles. The number of unbranched alkanes of at least 4 members (excludes halogenated alkanes) is 14. The van der Waals surface area contributed by atoms with Crippen LogP contribution in [0.4, 0.5) is 11.4 Å². The Bertz CT molecular complexity index is 386. The van der Waals surface area contributed by atoms with Crippen LogP contribution in [0, 0.1) is 0 Å². The summed E-state index contributed by atoms with van der Waals surface area (Å²) in [6.07, 6.45) is 22.1. The van der Waals surface area contributed by atoms with E-state index < -0.39 is 0 Å². The molecule has 0 aromatic heterocycles.